The topological polar surface area (TPSA) is 40.5 Å². The maximum absolute atomic E-state index is 8.81. The molecule has 2 N–H and O–H groups in total. The summed E-state index contributed by atoms with van der Waals surface area (Å²) in [6.07, 6.45) is 17.2. The Morgan fingerprint density at radius 3 is 1.18 bits per heavy atom. The van der Waals surface area contributed by atoms with Crippen molar-refractivity contribution in [1.82, 2.24) is 0 Å². The first-order valence-corrected chi connectivity index (χ1v) is 11.2. The van der Waals surface area contributed by atoms with E-state index in [1.165, 1.54) is 11.1 Å². The van der Waals surface area contributed by atoms with Crippen LogP contribution in [0.2, 0.25) is 0 Å². The van der Waals surface area contributed by atoms with E-state index in [0.29, 0.717) is 23.3 Å². The molecule has 2 nitrogen and oxygen atoms in total. The summed E-state index contributed by atoms with van der Waals surface area (Å²) in [5.41, 5.74) is 4.91. The molecule has 0 aromatic heterocycles. The molecule has 0 aliphatic heterocycles. The van der Waals surface area contributed by atoms with Gasteiger partial charge in [-0.1, -0.05) is 63.8 Å². The molecular weight excluding hydrogens is 484 g/mol. The number of aryl methyl sites for hydroxylation is 2. The Hall–Kier alpha value is -2.12. The van der Waals surface area contributed by atoms with Gasteiger partial charge in [0.2, 0.25) is 0 Å². The van der Waals surface area contributed by atoms with Crippen LogP contribution >= 0.6 is 0 Å². The summed E-state index contributed by atoms with van der Waals surface area (Å²) in [5, 5.41) is 17.6. The molecule has 0 fully saturated rings. The SMILES string of the molecule is CC(C)C1=[C-]CC=C1.CC(C)C1=[C-]CC=C1.Cc1cccc(O)c1.Cc1cccc(O)c1.[Zr+2]. The zero-order chi connectivity index (χ0) is 23.9. The predicted octanol–water partition coefficient (Wildman–Crippen LogP) is 8.06. The number of allylic oxidation sites excluding steroid dienone is 8. The van der Waals surface area contributed by atoms with Crippen molar-refractivity contribution in [2.45, 2.75) is 54.4 Å². The third kappa shape index (κ3) is 14.6. The van der Waals surface area contributed by atoms with Crippen molar-refractivity contribution in [1.29, 1.82) is 0 Å². The molecule has 0 saturated heterocycles. The van der Waals surface area contributed by atoms with E-state index in [9.17, 15) is 0 Å². The first kappa shape index (κ1) is 30.9. The third-order valence-corrected chi connectivity index (χ3v) is 4.69. The number of hydrogen-bond acceptors (Lipinski definition) is 2. The summed E-state index contributed by atoms with van der Waals surface area (Å²) < 4.78 is 0. The molecule has 2 aliphatic carbocycles. The average Bonchev–Trinajstić information content (AvgIpc) is 3.44. The van der Waals surface area contributed by atoms with Crippen LogP contribution in [-0.2, 0) is 26.2 Å². The van der Waals surface area contributed by atoms with Crippen LogP contribution < -0.4 is 0 Å². The zero-order valence-corrected chi connectivity index (χ0v) is 23.3. The second-order valence-electron chi connectivity index (χ2n) is 8.46. The van der Waals surface area contributed by atoms with Gasteiger partial charge in [-0.05, 0) is 49.2 Å². The molecule has 0 saturated carbocycles. The molecule has 33 heavy (non-hydrogen) atoms. The zero-order valence-electron chi connectivity index (χ0n) is 20.9. The Bertz CT molecular complexity index is 822. The van der Waals surface area contributed by atoms with Crippen molar-refractivity contribution in [3.05, 3.63) is 107 Å². The van der Waals surface area contributed by atoms with Crippen LogP contribution in [0.1, 0.15) is 51.7 Å². The van der Waals surface area contributed by atoms with E-state index in [4.69, 9.17) is 10.2 Å². The molecule has 0 spiro atoms. The van der Waals surface area contributed by atoms with E-state index in [2.05, 4.69) is 64.2 Å². The standard InChI is InChI=1S/2C8H11.2C7H8O.Zr/c2*1-7(2)8-5-3-4-6-8;2*1-6-3-2-4-7(8)5-6;/h2*3,5,7H,4H2,1-2H3;2*2-5,8H,1H3;/q2*-1;;;+2. The van der Waals surface area contributed by atoms with Crippen molar-refractivity contribution in [3.8, 4) is 11.5 Å². The summed E-state index contributed by atoms with van der Waals surface area (Å²) in [6.45, 7) is 12.7. The number of aromatic hydroxyl groups is 2. The number of hydrogen-bond donors (Lipinski definition) is 2. The van der Waals surface area contributed by atoms with Gasteiger partial charge in [0, 0.05) is 0 Å². The number of benzene rings is 2. The molecule has 2 aromatic carbocycles. The van der Waals surface area contributed by atoms with Gasteiger partial charge in [0.25, 0.3) is 0 Å². The normalized spacial score (nSPS) is 13.0. The first-order chi connectivity index (χ1) is 15.2. The fourth-order valence-corrected chi connectivity index (χ4v) is 2.89. The van der Waals surface area contributed by atoms with E-state index in [-0.39, 0.29) is 26.2 Å². The molecule has 4 rings (SSSR count). The van der Waals surface area contributed by atoms with Gasteiger partial charge in [-0.2, -0.15) is 12.2 Å². The van der Waals surface area contributed by atoms with Gasteiger partial charge in [0.05, 0.1) is 0 Å². The van der Waals surface area contributed by atoms with Crippen LogP contribution in [0.25, 0.3) is 0 Å². The van der Waals surface area contributed by atoms with E-state index in [1.807, 2.05) is 38.1 Å². The molecule has 2 aromatic rings. The Balaban J connectivity index is 0.000000410. The van der Waals surface area contributed by atoms with Gasteiger partial charge in [-0.25, -0.2) is 23.3 Å². The minimum absolute atomic E-state index is 0. The molecule has 0 bridgehead atoms. The Morgan fingerprint density at radius 1 is 0.667 bits per heavy atom. The van der Waals surface area contributed by atoms with Crippen LogP contribution in [0, 0.1) is 37.8 Å². The monoisotopic (exact) mass is 520 g/mol. The Kier molecular flexibility index (Phi) is 16.3. The summed E-state index contributed by atoms with van der Waals surface area (Å²) >= 11 is 0. The summed E-state index contributed by atoms with van der Waals surface area (Å²) in [5.74, 6) is 2.00. The van der Waals surface area contributed by atoms with E-state index in [1.54, 1.807) is 24.3 Å². The molecule has 0 amide bonds. The molecule has 2 aliphatic rings. The summed E-state index contributed by atoms with van der Waals surface area (Å²) in [6, 6.07) is 14.3. The van der Waals surface area contributed by atoms with Crippen molar-refractivity contribution < 1.29 is 36.4 Å². The van der Waals surface area contributed by atoms with Crippen LogP contribution in [0.4, 0.5) is 0 Å². The van der Waals surface area contributed by atoms with Gasteiger partial charge in [-0.3, -0.25) is 12.2 Å². The maximum Gasteiger partial charge on any atom is 2.00 e. The van der Waals surface area contributed by atoms with E-state index < -0.39 is 0 Å². The molecular formula is C30H38O2Zr. The molecule has 0 atom stereocenters. The Labute approximate surface area is 220 Å². The van der Waals surface area contributed by atoms with Gasteiger partial charge in [-0.15, -0.1) is 12.8 Å². The van der Waals surface area contributed by atoms with Crippen LogP contribution in [0.15, 0.2) is 84.0 Å². The second kappa shape index (κ2) is 17.4. The summed E-state index contributed by atoms with van der Waals surface area (Å²) in [4.78, 5) is 0. The van der Waals surface area contributed by atoms with Crippen molar-refractivity contribution in [3.63, 3.8) is 0 Å². The van der Waals surface area contributed by atoms with Gasteiger partial charge in [0.15, 0.2) is 0 Å². The third-order valence-electron chi connectivity index (χ3n) is 4.69. The van der Waals surface area contributed by atoms with Crippen molar-refractivity contribution in [2.75, 3.05) is 0 Å². The van der Waals surface area contributed by atoms with Crippen molar-refractivity contribution in [2.24, 2.45) is 11.8 Å². The molecule has 0 unspecified atom stereocenters. The maximum atomic E-state index is 8.81. The van der Waals surface area contributed by atoms with E-state index >= 15 is 0 Å². The fraction of sp³-hybridized carbons (Fsp3) is 0.333. The van der Waals surface area contributed by atoms with Crippen molar-refractivity contribution >= 4 is 0 Å². The predicted molar refractivity (Wildman–Crippen MR) is 136 cm³/mol. The molecule has 174 valence electrons. The summed E-state index contributed by atoms with van der Waals surface area (Å²) in [7, 11) is 0. The minimum atomic E-state index is 0. The van der Waals surface area contributed by atoms with E-state index in [0.717, 1.165) is 24.0 Å². The minimum Gasteiger partial charge on any atom is -0.508 e. The van der Waals surface area contributed by atoms with Gasteiger partial charge in [0.1, 0.15) is 11.5 Å². The van der Waals surface area contributed by atoms with Crippen LogP contribution in [0.5, 0.6) is 11.5 Å². The molecule has 3 heteroatoms. The number of phenolic OH excluding ortho intramolecular Hbond substituents is 2. The van der Waals surface area contributed by atoms with Crippen LogP contribution in [0.3, 0.4) is 0 Å². The number of phenols is 2. The van der Waals surface area contributed by atoms with Crippen LogP contribution in [-0.4, -0.2) is 10.2 Å². The van der Waals surface area contributed by atoms with Gasteiger partial charge < -0.3 is 10.2 Å². The number of rotatable bonds is 2. The molecule has 0 heterocycles. The largest absolute Gasteiger partial charge is 2.00 e. The Morgan fingerprint density at radius 2 is 1.03 bits per heavy atom. The van der Waals surface area contributed by atoms with Gasteiger partial charge >= 0.3 is 26.2 Å². The quantitative estimate of drug-likeness (QED) is 0.392. The second-order valence-corrected chi connectivity index (χ2v) is 8.46. The molecule has 0 radical (unpaired) electrons. The fourth-order valence-electron chi connectivity index (χ4n) is 2.89. The first-order valence-electron chi connectivity index (χ1n) is 11.2. The average molecular weight is 522 g/mol. The smallest absolute Gasteiger partial charge is 0.508 e.